The molecule has 0 spiro atoms. The Bertz CT molecular complexity index is 941. The summed E-state index contributed by atoms with van der Waals surface area (Å²) in [6.07, 6.45) is -0.274. The van der Waals surface area contributed by atoms with Crippen molar-refractivity contribution >= 4 is 29.3 Å². The highest BCUT2D eigenvalue weighted by Gasteiger charge is 2.22. The van der Waals surface area contributed by atoms with Crippen LogP contribution in [0.3, 0.4) is 0 Å². The van der Waals surface area contributed by atoms with Crippen LogP contribution in [0.2, 0.25) is 0 Å². The highest BCUT2D eigenvalue weighted by molar-refractivity contribution is 6.06. The number of nitrogens with one attached hydrogen (secondary N) is 3. The van der Waals surface area contributed by atoms with Crippen LogP contribution in [0.5, 0.6) is 0 Å². The van der Waals surface area contributed by atoms with E-state index in [1.165, 1.54) is 0 Å². The van der Waals surface area contributed by atoms with Gasteiger partial charge in [-0.1, -0.05) is 49.4 Å². The minimum absolute atomic E-state index is 0.0188. The van der Waals surface area contributed by atoms with E-state index in [0.29, 0.717) is 12.1 Å². The van der Waals surface area contributed by atoms with Crippen LogP contribution in [0.25, 0.3) is 0 Å². The largest absolute Gasteiger partial charge is 0.445 e. The fourth-order valence-corrected chi connectivity index (χ4v) is 2.98. The summed E-state index contributed by atoms with van der Waals surface area (Å²) in [6.45, 7) is 3.65. The zero-order valence-corrected chi connectivity index (χ0v) is 16.8. The van der Waals surface area contributed by atoms with Crippen molar-refractivity contribution in [2.75, 3.05) is 5.32 Å². The second kappa shape index (κ2) is 9.69. The van der Waals surface area contributed by atoms with Crippen LogP contribution in [0.15, 0.2) is 59.7 Å². The smallest absolute Gasteiger partial charge is 0.408 e. The molecule has 8 nitrogen and oxygen atoms in total. The zero-order chi connectivity index (χ0) is 21.5. The van der Waals surface area contributed by atoms with Crippen LogP contribution >= 0.6 is 0 Å². The molecule has 0 saturated heterocycles. The minimum atomic E-state index is -0.772. The summed E-state index contributed by atoms with van der Waals surface area (Å²) in [5.41, 5.74) is 5.60. The Labute approximate surface area is 174 Å². The fraction of sp³-hybridized carbons (Fsp3) is 0.273. The van der Waals surface area contributed by atoms with Gasteiger partial charge in [0.1, 0.15) is 12.6 Å². The standard InChI is InChI=1S/C22H24N4O4/c1-14-12-19(27)25-26-20(14)17-8-10-18(11-9-17)24-21(28)15(2)23-22(29)30-13-16-6-4-3-5-7-16/h3-11,14-15H,12-13H2,1-2H3,(H,23,29)(H,24,28)(H,25,27)/t14?,15-/m0/s1. The average Bonchev–Trinajstić information content (AvgIpc) is 2.74. The maximum absolute atomic E-state index is 12.3. The Hall–Kier alpha value is -3.68. The molecular formula is C22H24N4O4. The first-order valence-corrected chi connectivity index (χ1v) is 9.67. The zero-order valence-electron chi connectivity index (χ0n) is 16.8. The maximum atomic E-state index is 12.3. The number of hydrogen-bond acceptors (Lipinski definition) is 5. The molecule has 1 aliphatic rings. The van der Waals surface area contributed by atoms with Gasteiger partial charge in [-0.05, 0) is 30.2 Å². The second-order valence-electron chi connectivity index (χ2n) is 7.13. The van der Waals surface area contributed by atoms with Crippen molar-refractivity contribution in [1.29, 1.82) is 0 Å². The van der Waals surface area contributed by atoms with E-state index < -0.39 is 12.1 Å². The first-order valence-electron chi connectivity index (χ1n) is 9.67. The molecule has 0 fully saturated rings. The third kappa shape index (κ3) is 5.66. The number of hydrazone groups is 1. The van der Waals surface area contributed by atoms with E-state index in [2.05, 4.69) is 21.2 Å². The Morgan fingerprint density at radius 3 is 2.53 bits per heavy atom. The lowest BCUT2D eigenvalue weighted by atomic mass is 9.94. The number of carbonyl (C=O) groups is 3. The molecule has 3 rings (SSSR count). The predicted octanol–water partition coefficient (Wildman–Crippen LogP) is 2.80. The second-order valence-corrected chi connectivity index (χ2v) is 7.13. The molecule has 2 atom stereocenters. The summed E-state index contributed by atoms with van der Waals surface area (Å²) in [5.74, 6) is -0.445. The van der Waals surface area contributed by atoms with Crippen molar-refractivity contribution in [3.63, 3.8) is 0 Å². The van der Waals surface area contributed by atoms with E-state index >= 15 is 0 Å². The monoisotopic (exact) mass is 408 g/mol. The molecule has 0 aromatic heterocycles. The normalized spacial score (nSPS) is 16.7. The molecule has 30 heavy (non-hydrogen) atoms. The number of rotatable bonds is 6. The molecule has 0 radical (unpaired) electrons. The quantitative estimate of drug-likeness (QED) is 0.683. The van der Waals surface area contributed by atoms with E-state index in [0.717, 1.165) is 16.8 Å². The number of alkyl carbamates (subject to hydrolysis) is 1. The summed E-state index contributed by atoms with van der Waals surface area (Å²) < 4.78 is 5.13. The first kappa shape index (κ1) is 21.0. The van der Waals surface area contributed by atoms with Crippen LogP contribution in [-0.4, -0.2) is 29.7 Å². The minimum Gasteiger partial charge on any atom is -0.445 e. The van der Waals surface area contributed by atoms with Crippen molar-refractivity contribution in [3.8, 4) is 0 Å². The molecule has 8 heteroatoms. The van der Waals surface area contributed by atoms with Gasteiger partial charge in [-0.15, -0.1) is 0 Å². The van der Waals surface area contributed by atoms with Gasteiger partial charge in [-0.2, -0.15) is 5.10 Å². The van der Waals surface area contributed by atoms with E-state index in [-0.39, 0.29) is 24.3 Å². The van der Waals surface area contributed by atoms with Crippen molar-refractivity contribution in [2.45, 2.75) is 32.9 Å². The molecule has 0 aliphatic carbocycles. The summed E-state index contributed by atoms with van der Waals surface area (Å²) in [7, 11) is 0. The summed E-state index contributed by atoms with van der Waals surface area (Å²) >= 11 is 0. The van der Waals surface area contributed by atoms with Gasteiger partial charge in [0.15, 0.2) is 0 Å². The number of ether oxygens (including phenoxy) is 1. The van der Waals surface area contributed by atoms with Gasteiger partial charge in [0.2, 0.25) is 11.8 Å². The Balaban J connectivity index is 1.50. The van der Waals surface area contributed by atoms with E-state index in [9.17, 15) is 14.4 Å². The molecule has 1 aliphatic heterocycles. The van der Waals surface area contributed by atoms with Crippen LogP contribution in [-0.2, 0) is 20.9 Å². The number of amides is 3. The Morgan fingerprint density at radius 2 is 1.87 bits per heavy atom. The topological polar surface area (TPSA) is 109 Å². The van der Waals surface area contributed by atoms with Gasteiger partial charge in [0, 0.05) is 18.0 Å². The van der Waals surface area contributed by atoms with Gasteiger partial charge >= 0.3 is 6.09 Å². The molecular weight excluding hydrogens is 384 g/mol. The number of anilines is 1. The lowest BCUT2D eigenvalue weighted by molar-refractivity contribution is -0.122. The number of hydrogen-bond donors (Lipinski definition) is 3. The van der Waals surface area contributed by atoms with Crippen molar-refractivity contribution in [3.05, 3.63) is 65.7 Å². The van der Waals surface area contributed by atoms with Crippen LogP contribution in [0.1, 0.15) is 31.4 Å². The average molecular weight is 408 g/mol. The van der Waals surface area contributed by atoms with Crippen molar-refractivity contribution < 1.29 is 19.1 Å². The lowest BCUT2D eigenvalue weighted by Crippen LogP contribution is -2.41. The summed E-state index contributed by atoms with van der Waals surface area (Å²) in [5, 5.41) is 9.38. The molecule has 2 aromatic rings. The molecule has 3 amide bonds. The number of benzene rings is 2. The van der Waals surface area contributed by atoms with Gasteiger partial charge in [-0.3, -0.25) is 9.59 Å². The lowest BCUT2D eigenvalue weighted by Gasteiger charge is -2.19. The number of carbonyl (C=O) groups excluding carboxylic acids is 3. The third-order valence-electron chi connectivity index (χ3n) is 4.65. The van der Waals surface area contributed by atoms with Gasteiger partial charge < -0.3 is 15.4 Å². The van der Waals surface area contributed by atoms with Gasteiger partial charge in [0.05, 0.1) is 5.71 Å². The Morgan fingerprint density at radius 1 is 1.17 bits per heavy atom. The molecule has 1 unspecified atom stereocenters. The van der Waals surface area contributed by atoms with Gasteiger partial charge in [0.25, 0.3) is 0 Å². The molecule has 0 bridgehead atoms. The van der Waals surface area contributed by atoms with Crippen molar-refractivity contribution in [1.82, 2.24) is 10.7 Å². The highest BCUT2D eigenvalue weighted by Crippen LogP contribution is 2.18. The van der Waals surface area contributed by atoms with Crippen LogP contribution < -0.4 is 16.1 Å². The third-order valence-corrected chi connectivity index (χ3v) is 4.65. The van der Waals surface area contributed by atoms with Gasteiger partial charge in [-0.25, -0.2) is 10.2 Å². The molecule has 0 saturated carbocycles. The van der Waals surface area contributed by atoms with E-state index in [1.54, 1.807) is 19.1 Å². The van der Waals surface area contributed by atoms with E-state index in [4.69, 9.17) is 4.74 Å². The first-order chi connectivity index (χ1) is 14.4. The molecule has 1 heterocycles. The molecule has 3 N–H and O–H groups in total. The number of nitrogens with zero attached hydrogens (tertiary/aromatic N) is 1. The fourth-order valence-electron chi connectivity index (χ4n) is 2.98. The predicted molar refractivity (Wildman–Crippen MR) is 113 cm³/mol. The summed E-state index contributed by atoms with van der Waals surface area (Å²) in [6, 6.07) is 15.7. The molecule has 2 aromatic carbocycles. The molecule has 156 valence electrons. The van der Waals surface area contributed by atoms with Crippen LogP contribution in [0.4, 0.5) is 10.5 Å². The van der Waals surface area contributed by atoms with Crippen LogP contribution in [0, 0.1) is 5.92 Å². The summed E-state index contributed by atoms with van der Waals surface area (Å²) in [4.78, 5) is 35.6. The van der Waals surface area contributed by atoms with E-state index in [1.807, 2.05) is 49.4 Å². The van der Waals surface area contributed by atoms with Crippen molar-refractivity contribution in [2.24, 2.45) is 11.0 Å². The SMILES string of the molecule is CC1CC(=O)NN=C1c1ccc(NC(=O)[C@H](C)NC(=O)OCc2ccccc2)cc1. The highest BCUT2D eigenvalue weighted by atomic mass is 16.5. The Kier molecular flexibility index (Phi) is 6.79. The maximum Gasteiger partial charge on any atom is 0.408 e.